The van der Waals surface area contributed by atoms with Crippen LogP contribution >= 0.6 is 0 Å². The lowest BCUT2D eigenvalue weighted by atomic mass is 10.1. The lowest BCUT2D eigenvalue weighted by Gasteiger charge is -2.07. The maximum Gasteiger partial charge on any atom is 0.320 e. The van der Waals surface area contributed by atoms with Crippen molar-refractivity contribution in [2.75, 3.05) is 6.61 Å². The van der Waals surface area contributed by atoms with Gasteiger partial charge in [-0.15, -0.1) is 0 Å². The molecule has 0 radical (unpaired) electrons. The summed E-state index contributed by atoms with van der Waals surface area (Å²) in [7, 11) is 0. The van der Waals surface area contributed by atoms with Crippen LogP contribution in [0.25, 0.3) is 22.7 Å². The summed E-state index contributed by atoms with van der Waals surface area (Å²) in [6.07, 6.45) is 1.54. The highest BCUT2D eigenvalue weighted by atomic mass is 19.3. The number of hydrogen-bond acceptors (Lipinski definition) is 3. The van der Waals surface area contributed by atoms with Crippen LogP contribution in [0.1, 0.15) is 24.9 Å². The third-order valence-electron chi connectivity index (χ3n) is 3.65. The first-order valence-electron chi connectivity index (χ1n) is 7.74. The Labute approximate surface area is 143 Å². The lowest BCUT2D eigenvalue weighted by molar-refractivity contribution is 0.0738. The van der Waals surface area contributed by atoms with Crippen LogP contribution in [0.5, 0.6) is 5.75 Å². The zero-order chi connectivity index (χ0) is 17.8. The molecule has 126 valence electrons. The van der Waals surface area contributed by atoms with Crippen molar-refractivity contribution in [1.29, 1.82) is 5.26 Å². The highest BCUT2D eigenvalue weighted by Gasteiger charge is 2.20. The molecule has 3 aromatic rings. The molecule has 25 heavy (non-hydrogen) atoms. The molecule has 0 spiro atoms. The molecule has 0 aliphatic rings. The van der Waals surface area contributed by atoms with Crippen molar-refractivity contribution < 1.29 is 13.5 Å². The van der Waals surface area contributed by atoms with E-state index in [1.54, 1.807) is 48.5 Å². The van der Waals surface area contributed by atoms with Gasteiger partial charge in [-0.1, -0.05) is 24.3 Å². The number of halogens is 2. The van der Waals surface area contributed by atoms with Gasteiger partial charge >= 0.3 is 6.55 Å². The summed E-state index contributed by atoms with van der Waals surface area (Å²) < 4.78 is 33.2. The molecule has 0 unspecified atom stereocenters. The number of rotatable bonds is 5. The molecule has 4 nitrogen and oxygen atoms in total. The molecular weight excluding hydrogens is 324 g/mol. The summed E-state index contributed by atoms with van der Waals surface area (Å²) in [6.45, 7) is -0.354. The molecule has 0 aliphatic carbocycles. The van der Waals surface area contributed by atoms with Gasteiger partial charge in [-0.3, -0.25) is 4.57 Å². The minimum atomic E-state index is -2.79. The number of alkyl halides is 2. The van der Waals surface area contributed by atoms with Crippen LogP contribution in [0.15, 0.2) is 48.5 Å². The molecule has 0 bridgehead atoms. The summed E-state index contributed by atoms with van der Waals surface area (Å²) in [5.41, 5.74) is 1.49. The monoisotopic (exact) mass is 339 g/mol. The molecule has 6 heteroatoms. The van der Waals surface area contributed by atoms with Gasteiger partial charge < -0.3 is 4.74 Å². The highest BCUT2D eigenvalue weighted by molar-refractivity contribution is 5.91. The van der Waals surface area contributed by atoms with Crippen molar-refractivity contribution in [3.05, 3.63) is 59.9 Å². The second-order valence-corrected chi connectivity index (χ2v) is 5.24. The minimum absolute atomic E-state index is 0.0485. The number of nitrogens with zero attached hydrogens (tertiary/aromatic N) is 3. The van der Waals surface area contributed by atoms with Gasteiger partial charge in [-0.2, -0.15) is 14.0 Å². The summed E-state index contributed by atoms with van der Waals surface area (Å²) in [4.78, 5) is 4.22. The minimum Gasteiger partial charge on any atom is -0.494 e. The molecule has 2 aromatic carbocycles. The fraction of sp³-hybridized carbons (Fsp3) is 0.158. The fourth-order valence-corrected chi connectivity index (χ4v) is 2.57. The number of fused-ring (bicyclic) bond motifs is 1. The van der Waals surface area contributed by atoms with Gasteiger partial charge in [0.1, 0.15) is 11.8 Å². The topological polar surface area (TPSA) is 50.8 Å². The third-order valence-corrected chi connectivity index (χ3v) is 3.65. The Bertz CT molecular complexity index is 953. The van der Waals surface area contributed by atoms with Gasteiger partial charge in [-0.05, 0) is 42.8 Å². The molecule has 3 rings (SSSR count). The Morgan fingerprint density at radius 2 is 1.96 bits per heavy atom. The van der Waals surface area contributed by atoms with Gasteiger partial charge in [-0.25, -0.2) is 4.98 Å². The van der Waals surface area contributed by atoms with Crippen molar-refractivity contribution in [3.63, 3.8) is 0 Å². The SMILES string of the molecule is CCOc1ccc(/C=C(\C#N)c2nc3ccccc3n2C(F)F)cc1. The van der Waals surface area contributed by atoms with Gasteiger partial charge in [0.15, 0.2) is 5.82 Å². The zero-order valence-electron chi connectivity index (χ0n) is 13.5. The molecule has 1 heterocycles. The molecule has 0 N–H and O–H groups in total. The van der Waals surface area contributed by atoms with E-state index in [1.165, 1.54) is 6.08 Å². The highest BCUT2D eigenvalue weighted by Crippen LogP contribution is 2.28. The van der Waals surface area contributed by atoms with E-state index in [9.17, 15) is 14.0 Å². The number of benzene rings is 2. The maximum atomic E-state index is 13.5. The molecule has 0 atom stereocenters. The standard InChI is InChI=1S/C19H15F2N3O/c1-2-25-15-9-7-13(8-10-15)11-14(12-22)18-23-16-5-3-4-6-17(16)24(18)19(20)21/h3-11,19H,2H2,1H3/b14-11+. The second kappa shape index (κ2) is 7.14. The number of nitriles is 1. The Hall–Kier alpha value is -3.20. The Morgan fingerprint density at radius 3 is 2.60 bits per heavy atom. The van der Waals surface area contributed by atoms with Crippen LogP contribution in [-0.4, -0.2) is 16.2 Å². The molecule has 0 saturated carbocycles. The summed E-state index contributed by atoms with van der Waals surface area (Å²) >= 11 is 0. The summed E-state index contributed by atoms with van der Waals surface area (Å²) in [5, 5.41) is 9.47. The first kappa shape index (κ1) is 16.7. The Balaban J connectivity index is 2.08. The third kappa shape index (κ3) is 3.36. The van der Waals surface area contributed by atoms with Crippen molar-refractivity contribution in [3.8, 4) is 11.8 Å². The quantitative estimate of drug-likeness (QED) is 0.622. The van der Waals surface area contributed by atoms with E-state index in [4.69, 9.17) is 4.74 Å². The number of para-hydroxylation sites is 2. The zero-order valence-corrected chi connectivity index (χ0v) is 13.5. The lowest BCUT2D eigenvalue weighted by Crippen LogP contribution is -2.03. The van der Waals surface area contributed by atoms with Crippen molar-refractivity contribution in [2.24, 2.45) is 0 Å². The molecule has 1 aromatic heterocycles. The number of hydrogen-bond donors (Lipinski definition) is 0. The van der Waals surface area contributed by atoms with E-state index in [2.05, 4.69) is 4.98 Å². The smallest absolute Gasteiger partial charge is 0.320 e. The van der Waals surface area contributed by atoms with Crippen LogP contribution in [0, 0.1) is 11.3 Å². The van der Waals surface area contributed by atoms with E-state index in [0.29, 0.717) is 29.0 Å². The number of ether oxygens (including phenoxy) is 1. The van der Waals surface area contributed by atoms with Crippen molar-refractivity contribution >= 4 is 22.7 Å². The van der Waals surface area contributed by atoms with E-state index in [0.717, 1.165) is 4.57 Å². The van der Waals surface area contributed by atoms with Crippen molar-refractivity contribution in [2.45, 2.75) is 13.5 Å². The molecule has 0 fully saturated rings. The van der Waals surface area contributed by atoms with Crippen LogP contribution in [0.2, 0.25) is 0 Å². The molecule has 0 aliphatic heterocycles. The fourth-order valence-electron chi connectivity index (χ4n) is 2.57. The van der Waals surface area contributed by atoms with Crippen LogP contribution in [0.4, 0.5) is 8.78 Å². The van der Waals surface area contributed by atoms with E-state index < -0.39 is 6.55 Å². The summed E-state index contributed by atoms with van der Waals surface area (Å²) in [5.74, 6) is 0.658. The molecule has 0 saturated heterocycles. The first-order valence-corrected chi connectivity index (χ1v) is 7.74. The average molecular weight is 339 g/mol. The largest absolute Gasteiger partial charge is 0.494 e. The molecular formula is C19H15F2N3O. The summed E-state index contributed by atoms with van der Waals surface area (Å²) in [6, 6.07) is 15.6. The van der Waals surface area contributed by atoms with E-state index in [1.807, 2.05) is 13.0 Å². The van der Waals surface area contributed by atoms with Gasteiger partial charge in [0.05, 0.1) is 23.2 Å². The Morgan fingerprint density at radius 1 is 1.24 bits per heavy atom. The number of allylic oxidation sites excluding steroid dienone is 1. The predicted molar refractivity (Wildman–Crippen MR) is 92.1 cm³/mol. The average Bonchev–Trinajstić information content (AvgIpc) is 3.00. The number of imidazole rings is 1. The van der Waals surface area contributed by atoms with Gasteiger partial charge in [0.2, 0.25) is 0 Å². The Kier molecular flexibility index (Phi) is 4.75. The second-order valence-electron chi connectivity index (χ2n) is 5.24. The van der Waals surface area contributed by atoms with E-state index >= 15 is 0 Å². The predicted octanol–water partition coefficient (Wildman–Crippen LogP) is 4.89. The van der Waals surface area contributed by atoms with Crippen LogP contribution in [0.3, 0.4) is 0 Å². The molecule has 0 amide bonds. The van der Waals surface area contributed by atoms with Gasteiger partial charge in [0, 0.05) is 0 Å². The van der Waals surface area contributed by atoms with E-state index in [-0.39, 0.29) is 11.4 Å². The first-order chi connectivity index (χ1) is 12.1. The van der Waals surface area contributed by atoms with Crippen molar-refractivity contribution in [1.82, 2.24) is 9.55 Å². The maximum absolute atomic E-state index is 13.5. The van der Waals surface area contributed by atoms with Gasteiger partial charge in [0.25, 0.3) is 0 Å². The number of aromatic nitrogens is 2. The van der Waals surface area contributed by atoms with Crippen LogP contribution < -0.4 is 4.74 Å². The normalized spacial score (nSPS) is 11.7. The van der Waals surface area contributed by atoms with Crippen LogP contribution in [-0.2, 0) is 0 Å².